The van der Waals surface area contributed by atoms with Gasteiger partial charge in [-0.3, -0.25) is 13.9 Å². The molecule has 3 aromatic rings. The molecule has 0 bridgehead atoms. The second-order valence-corrected chi connectivity index (χ2v) is 11.3. The maximum absolute atomic E-state index is 14.0. The largest absolute Gasteiger partial charge is 0.497 e. The average molecular weight is 606 g/mol. The molecule has 0 radical (unpaired) electrons. The molecule has 1 N–H and O–H groups in total. The van der Waals surface area contributed by atoms with Gasteiger partial charge in [-0.15, -0.1) is 0 Å². The van der Waals surface area contributed by atoms with E-state index in [4.69, 9.17) is 4.74 Å². The Hall–Kier alpha value is -4.06. The topological polar surface area (TPSA) is 96.0 Å². The average Bonchev–Trinajstić information content (AvgIpc) is 2.98. The molecule has 0 saturated carbocycles. The first-order valence-electron chi connectivity index (χ1n) is 13.4. The molecule has 0 aliphatic carbocycles. The van der Waals surface area contributed by atoms with Crippen molar-refractivity contribution < 1.29 is 35.9 Å². The van der Waals surface area contributed by atoms with Crippen molar-refractivity contribution in [1.29, 1.82) is 0 Å². The molecule has 0 spiro atoms. The molecule has 2 amide bonds. The first-order chi connectivity index (χ1) is 19.9. The third-order valence-corrected chi connectivity index (χ3v) is 8.28. The lowest BCUT2D eigenvalue weighted by atomic mass is 10.1. The fraction of sp³-hybridized carbons (Fsp3) is 0.333. The zero-order valence-electron chi connectivity index (χ0n) is 23.6. The molecule has 3 aromatic carbocycles. The smallest absolute Gasteiger partial charge is 0.416 e. The van der Waals surface area contributed by atoms with Crippen LogP contribution >= 0.6 is 0 Å². The van der Waals surface area contributed by atoms with Gasteiger partial charge in [0.1, 0.15) is 18.3 Å². The number of nitrogens with zero attached hydrogens (tertiary/aromatic N) is 2. The van der Waals surface area contributed by atoms with E-state index in [1.165, 1.54) is 42.3 Å². The molecule has 42 heavy (non-hydrogen) atoms. The second kappa shape index (κ2) is 14.2. The molecule has 0 unspecified atom stereocenters. The molecule has 0 heterocycles. The first kappa shape index (κ1) is 32.5. The minimum Gasteiger partial charge on any atom is -0.497 e. The van der Waals surface area contributed by atoms with Crippen LogP contribution < -0.4 is 14.4 Å². The summed E-state index contributed by atoms with van der Waals surface area (Å²) in [5.74, 6) is -0.680. The minimum absolute atomic E-state index is 0.0735. The highest BCUT2D eigenvalue weighted by molar-refractivity contribution is 7.92. The number of rotatable bonds is 13. The highest BCUT2D eigenvalue weighted by Crippen LogP contribution is 2.33. The third kappa shape index (κ3) is 8.03. The zero-order valence-corrected chi connectivity index (χ0v) is 24.4. The number of ether oxygens (including phenoxy) is 1. The van der Waals surface area contributed by atoms with Gasteiger partial charge in [0, 0.05) is 13.1 Å². The Morgan fingerprint density at radius 1 is 0.952 bits per heavy atom. The molecule has 12 heteroatoms. The van der Waals surface area contributed by atoms with Gasteiger partial charge in [0.05, 0.1) is 23.3 Å². The number of sulfonamides is 1. The maximum Gasteiger partial charge on any atom is 0.416 e. The van der Waals surface area contributed by atoms with Gasteiger partial charge >= 0.3 is 6.18 Å². The predicted molar refractivity (Wildman–Crippen MR) is 153 cm³/mol. The van der Waals surface area contributed by atoms with Crippen molar-refractivity contribution in [3.8, 4) is 5.75 Å². The van der Waals surface area contributed by atoms with Gasteiger partial charge in [-0.2, -0.15) is 13.2 Å². The van der Waals surface area contributed by atoms with E-state index in [2.05, 4.69) is 5.32 Å². The van der Waals surface area contributed by atoms with Gasteiger partial charge in [-0.25, -0.2) is 8.42 Å². The summed E-state index contributed by atoms with van der Waals surface area (Å²) in [7, 11) is -3.01. The summed E-state index contributed by atoms with van der Waals surface area (Å²) in [6.45, 7) is 3.04. The van der Waals surface area contributed by atoms with Crippen LogP contribution in [-0.2, 0) is 32.3 Å². The number of hydrogen-bond acceptors (Lipinski definition) is 5. The first-order valence-corrected chi connectivity index (χ1v) is 14.8. The van der Waals surface area contributed by atoms with Crippen LogP contribution in [0.5, 0.6) is 5.75 Å². The molecule has 1 atom stereocenters. The summed E-state index contributed by atoms with van der Waals surface area (Å²) in [4.78, 5) is 28.2. The van der Waals surface area contributed by atoms with Crippen molar-refractivity contribution in [2.24, 2.45) is 0 Å². The Bertz CT molecular complexity index is 1470. The summed E-state index contributed by atoms with van der Waals surface area (Å²) in [5.41, 5.74) is -0.799. The van der Waals surface area contributed by atoms with E-state index in [1.54, 1.807) is 37.3 Å². The summed E-state index contributed by atoms with van der Waals surface area (Å²) in [5, 5.41) is 2.78. The number of anilines is 1. The lowest BCUT2D eigenvalue weighted by Crippen LogP contribution is -2.52. The fourth-order valence-electron chi connectivity index (χ4n) is 4.34. The van der Waals surface area contributed by atoms with Gasteiger partial charge in [0.2, 0.25) is 11.8 Å². The molecule has 0 fully saturated rings. The summed E-state index contributed by atoms with van der Waals surface area (Å²) < 4.78 is 74.3. The summed E-state index contributed by atoms with van der Waals surface area (Å²) in [6, 6.07) is 16.8. The molecule has 0 saturated heterocycles. The SMILES string of the molecule is CCCNC(=O)[C@H](CC)N(Cc1cccc(OC)c1)C(=O)CN(c1cccc(C(F)(F)F)c1)S(=O)(=O)c1ccccc1. The molecular weight excluding hydrogens is 571 g/mol. The van der Waals surface area contributed by atoms with Crippen LogP contribution in [0.2, 0.25) is 0 Å². The molecule has 0 aromatic heterocycles. The number of halogens is 3. The minimum atomic E-state index is -4.74. The van der Waals surface area contributed by atoms with Gasteiger partial charge in [0.15, 0.2) is 0 Å². The van der Waals surface area contributed by atoms with E-state index in [1.807, 2.05) is 6.92 Å². The van der Waals surface area contributed by atoms with Crippen LogP contribution in [0, 0.1) is 0 Å². The monoisotopic (exact) mass is 605 g/mol. The van der Waals surface area contributed by atoms with E-state index < -0.39 is 46.2 Å². The number of carbonyl (C=O) groups excluding carboxylic acids is 2. The van der Waals surface area contributed by atoms with Gasteiger partial charge in [0.25, 0.3) is 10.0 Å². The van der Waals surface area contributed by atoms with E-state index in [0.717, 1.165) is 12.1 Å². The Kier molecular flexibility index (Phi) is 11.0. The molecule has 226 valence electrons. The molecular formula is C30H34F3N3O5S. The highest BCUT2D eigenvalue weighted by Gasteiger charge is 2.35. The number of nitrogens with one attached hydrogen (secondary N) is 1. The Labute approximate surface area is 244 Å². The van der Waals surface area contributed by atoms with Crippen molar-refractivity contribution in [3.63, 3.8) is 0 Å². The Morgan fingerprint density at radius 2 is 1.64 bits per heavy atom. The third-order valence-electron chi connectivity index (χ3n) is 6.49. The summed E-state index contributed by atoms with van der Waals surface area (Å²) >= 11 is 0. The molecule has 0 aliphatic heterocycles. The van der Waals surface area contributed by atoms with E-state index >= 15 is 0 Å². The molecule has 3 rings (SSSR count). The van der Waals surface area contributed by atoms with E-state index in [0.29, 0.717) is 34.7 Å². The lowest BCUT2D eigenvalue weighted by molar-refractivity contribution is -0.140. The zero-order chi connectivity index (χ0) is 30.9. The Balaban J connectivity index is 2.11. The standard InChI is InChI=1S/C30H34F3N3O5S/c1-4-17-34-29(38)27(5-2)35(20-22-11-9-14-25(18-22)41-3)28(37)21-36(42(39,40)26-15-7-6-8-16-26)24-13-10-12-23(19-24)30(31,32)33/h6-16,18-19,27H,4-5,17,20-21H2,1-3H3,(H,34,38)/t27-/m0/s1. The van der Waals surface area contributed by atoms with Crippen LogP contribution in [0.1, 0.15) is 37.8 Å². The quantitative estimate of drug-likeness (QED) is 0.288. The van der Waals surface area contributed by atoms with E-state index in [9.17, 15) is 31.2 Å². The second-order valence-electron chi connectivity index (χ2n) is 9.46. The van der Waals surface area contributed by atoms with Gasteiger partial charge in [-0.05, 0) is 60.9 Å². The lowest BCUT2D eigenvalue weighted by Gasteiger charge is -2.33. The van der Waals surface area contributed by atoms with E-state index in [-0.39, 0.29) is 23.5 Å². The Morgan fingerprint density at radius 3 is 2.26 bits per heavy atom. The van der Waals surface area contributed by atoms with Crippen molar-refractivity contribution in [3.05, 3.63) is 90.0 Å². The van der Waals surface area contributed by atoms with Crippen molar-refractivity contribution in [1.82, 2.24) is 10.2 Å². The van der Waals surface area contributed by atoms with Crippen molar-refractivity contribution in [2.75, 3.05) is 24.5 Å². The molecule has 0 aliphatic rings. The van der Waals surface area contributed by atoms with Crippen LogP contribution in [0.4, 0.5) is 18.9 Å². The van der Waals surface area contributed by atoms with Crippen molar-refractivity contribution in [2.45, 2.75) is 50.3 Å². The summed E-state index contributed by atoms with van der Waals surface area (Å²) in [6.07, 6.45) is -3.88. The van der Waals surface area contributed by atoms with Crippen LogP contribution in [0.3, 0.4) is 0 Å². The van der Waals surface area contributed by atoms with Gasteiger partial charge < -0.3 is 15.0 Å². The number of carbonyl (C=O) groups is 2. The maximum atomic E-state index is 14.0. The number of alkyl halides is 3. The van der Waals surface area contributed by atoms with Crippen molar-refractivity contribution >= 4 is 27.5 Å². The number of benzene rings is 3. The van der Waals surface area contributed by atoms with Crippen LogP contribution in [0.15, 0.2) is 83.8 Å². The highest BCUT2D eigenvalue weighted by atomic mass is 32.2. The number of hydrogen-bond donors (Lipinski definition) is 1. The normalized spacial score (nSPS) is 12.3. The predicted octanol–water partition coefficient (Wildman–Crippen LogP) is 5.24. The number of amides is 2. The van der Waals surface area contributed by atoms with Gasteiger partial charge in [-0.1, -0.05) is 50.2 Å². The number of methoxy groups -OCH3 is 1. The fourth-order valence-corrected chi connectivity index (χ4v) is 5.77. The van der Waals surface area contributed by atoms with Crippen LogP contribution in [-0.4, -0.2) is 51.4 Å². The van der Waals surface area contributed by atoms with Crippen LogP contribution in [0.25, 0.3) is 0 Å². The molecule has 8 nitrogen and oxygen atoms in total.